The van der Waals surface area contributed by atoms with Crippen molar-refractivity contribution < 1.29 is 17.6 Å². The second-order valence-corrected chi connectivity index (χ2v) is 4.73. The van der Waals surface area contributed by atoms with E-state index < -0.39 is 18.9 Å². The van der Waals surface area contributed by atoms with Gasteiger partial charge >= 0.3 is 12.3 Å². The van der Waals surface area contributed by atoms with E-state index in [0.717, 1.165) is 25.8 Å². The highest BCUT2D eigenvalue weighted by atomic mass is 19.3. The van der Waals surface area contributed by atoms with Crippen LogP contribution in [0.5, 0.6) is 0 Å². The van der Waals surface area contributed by atoms with E-state index in [2.05, 4.69) is 10.6 Å². The average molecular weight is 256 g/mol. The maximum absolute atomic E-state index is 12.7. The van der Waals surface area contributed by atoms with Crippen LogP contribution in [-0.2, 0) is 0 Å². The average Bonchev–Trinajstić information content (AvgIpc) is 2.28. The Hall–Kier alpha value is -0.360. The Kier molecular flexibility index (Phi) is 5.66. The highest BCUT2D eigenvalue weighted by Gasteiger charge is 2.40. The molecule has 0 aromatic heterocycles. The van der Waals surface area contributed by atoms with Crippen molar-refractivity contribution in [3.63, 3.8) is 0 Å². The molecular weight excluding hydrogens is 236 g/mol. The Morgan fingerprint density at radius 3 is 2.59 bits per heavy atom. The van der Waals surface area contributed by atoms with E-state index in [1.807, 2.05) is 0 Å². The number of piperidine rings is 1. The van der Waals surface area contributed by atoms with E-state index in [1.54, 1.807) is 6.92 Å². The van der Waals surface area contributed by atoms with Gasteiger partial charge in [0.25, 0.3) is 0 Å². The van der Waals surface area contributed by atoms with Gasteiger partial charge in [-0.15, -0.1) is 0 Å². The molecule has 6 heteroatoms. The Bertz CT molecular complexity index is 218. The molecule has 0 amide bonds. The molecule has 2 nitrogen and oxygen atoms in total. The van der Waals surface area contributed by atoms with Gasteiger partial charge in [-0.05, 0) is 32.7 Å². The summed E-state index contributed by atoms with van der Waals surface area (Å²) < 4.78 is 49.2. The lowest BCUT2D eigenvalue weighted by Gasteiger charge is -2.27. The minimum atomic E-state index is -3.94. The summed E-state index contributed by atoms with van der Waals surface area (Å²) in [7, 11) is 0. The van der Waals surface area contributed by atoms with Gasteiger partial charge in [0.05, 0.1) is 6.54 Å². The van der Waals surface area contributed by atoms with Crippen LogP contribution < -0.4 is 10.6 Å². The first kappa shape index (κ1) is 14.7. The molecular formula is C11H20F4N2. The molecule has 2 N–H and O–H groups in total. The largest absolute Gasteiger partial charge is 0.319 e. The number of alkyl halides is 4. The van der Waals surface area contributed by atoms with Gasteiger partial charge < -0.3 is 10.6 Å². The minimum Gasteiger partial charge on any atom is -0.314 e. The lowest BCUT2D eigenvalue weighted by molar-refractivity contribution is -0.126. The maximum atomic E-state index is 12.7. The summed E-state index contributed by atoms with van der Waals surface area (Å²) in [6.45, 7) is 1.74. The molecule has 1 fully saturated rings. The lowest BCUT2D eigenvalue weighted by atomic mass is 9.99. The van der Waals surface area contributed by atoms with Crippen LogP contribution in [0.4, 0.5) is 17.6 Å². The van der Waals surface area contributed by atoms with Crippen LogP contribution >= 0.6 is 0 Å². The quantitative estimate of drug-likeness (QED) is 0.713. The van der Waals surface area contributed by atoms with Crippen molar-refractivity contribution in [1.29, 1.82) is 0 Å². The monoisotopic (exact) mass is 256 g/mol. The lowest BCUT2D eigenvalue weighted by Crippen LogP contribution is -2.45. The SMILES string of the molecule is CC(CC1CCCCN1)NCC(F)(F)C(F)F. The van der Waals surface area contributed by atoms with E-state index >= 15 is 0 Å². The fourth-order valence-electron chi connectivity index (χ4n) is 2.02. The summed E-state index contributed by atoms with van der Waals surface area (Å²) in [5, 5.41) is 5.78. The fraction of sp³-hybridized carbons (Fsp3) is 1.00. The zero-order chi connectivity index (χ0) is 12.9. The van der Waals surface area contributed by atoms with Crippen LogP contribution in [0.2, 0.25) is 0 Å². The molecule has 0 aliphatic carbocycles. The number of hydrogen-bond acceptors (Lipinski definition) is 2. The zero-order valence-corrected chi connectivity index (χ0v) is 9.99. The predicted octanol–water partition coefficient (Wildman–Crippen LogP) is 2.40. The summed E-state index contributed by atoms with van der Waals surface area (Å²) in [5.74, 6) is -3.94. The molecule has 0 saturated carbocycles. The topological polar surface area (TPSA) is 24.1 Å². The second-order valence-electron chi connectivity index (χ2n) is 4.73. The van der Waals surface area contributed by atoms with Crippen molar-refractivity contribution in [2.45, 2.75) is 57.0 Å². The van der Waals surface area contributed by atoms with E-state index in [9.17, 15) is 17.6 Å². The Balaban J connectivity index is 2.22. The van der Waals surface area contributed by atoms with Crippen molar-refractivity contribution in [1.82, 2.24) is 10.6 Å². The van der Waals surface area contributed by atoms with Crippen LogP contribution in [0.25, 0.3) is 0 Å². The van der Waals surface area contributed by atoms with Gasteiger partial charge in [-0.1, -0.05) is 6.42 Å². The van der Waals surface area contributed by atoms with Crippen molar-refractivity contribution in [2.75, 3.05) is 13.1 Å². The summed E-state index contributed by atoms with van der Waals surface area (Å²) in [6, 6.07) is 0.127. The van der Waals surface area contributed by atoms with E-state index in [-0.39, 0.29) is 6.04 Å². The number of halogens is 4. The van der Waals surface area contributed by atoms with Gasteiger partial charge in [-0.2, -0.15) is 8.78 Å². The van der Waals surface area contributed by atoms with Crippen molar-refractivity contribution in [3.05, 3.63) is 0 Å². The van der Waals surface area contributed by atoms with Gasteiger partial charge in [0.1, 0.15) is 0 Å². The number of rotatable bonds is 6. The first-order valence-electron chi connectivity index (χ1n) is 6.04. The van der Waals surface area contributed by atoms with Gasteiger partial charge in [0.15, 0.2) is 0 Å². The smallest absolute Gasteiger partial charge is 0.314 e. The van der Waals surface area contributed by atoms with Gasteiger partial charge in [-0.25, -0.2) is 8.78 Å². The van der Waals surface area contributed by atoms with Gasteiger partial charge in [0.2, 0.25) is 0 Å². The van der Waals surface area contributed by atoms with Crippen LogP contribution in [0.1, 0.15) is 32.6 Å². The van der Waals surface area contributed by atoms with Crippen LogP contribution in [0.3, 0.4) is 0 Å². The molecule has 0 bridgehead atoms. The summed E-state index contributed by atoms with van der Waals surface area (Å²) in [4.78, 5) is 0. The van der Waals surface area contributed by atoms with E-state index in [1.165, 1.54) is 0 Å². The first-order chi connectivity index (χ1) is 7.92. The Morgan fingerprint density at radius 2 is 2.06 bits per heavy atom. The molecule has 0 aromatic carbocycles. The molecule has 17 heavy (non-hydrogen) atoms. The number of hydrogen-bond donors (Lipinski definition) is 2. The molecule has 1 saturated heterocycles. The molecule has 2 atom stereocenters. The molecule has 2 unspecified atom stereocenters. The van der Waals surface area contributed by atoms with Crippen LogP contribution in [0.15, 0.2) is 0 Å². The number of nitrogens with one attached hydrogen (secondary N) is 2. The molecule has 1 aliphatic heterocycles. The van der Waals surface area contributed by atoms with E-state index in [0.29, 0.717) is 12.5 Å². The standard InChI is InChI=1S/C11H20F4N2/c1-8(6-9-4-2-3-5-16-9)17-7-11(14,15)10(12)13/h8-10,16-17H,2-7H2,1H3. The highest BCUT2D eigenvalue weighted by Crippen LogP contribution is 2.22. The van der Waals surface area contributed by atoms with Crippen molar-refractivity contribution >= 4 is 0 Å². The molecule has 0 radical (unpaired) electrons. The highest BCUT2D eigenvalue weighted by molar-refractivity contribution is 4.79. The third kappa shape index (κ3) is 5.21. The second kappa shape index (κ2) is 6.54. The van der Waals surface area contributed by atoms with Crippen molar-refractivity contribution in [3.8, 4) is 0 Å². The Labute approximate surface area is 99.1 Å². The van der Waals surface area contributed by atoms with Gasteiger partial charge in [0, 0.05) is 12.1 Å². The molecule has 1 aliphatic rings. The van der Waals surface area contributed by atoms with Crippen molar-refractivity contribution in [2.24, 2.45) is 0 Å². The summed E-state index contributed by atoms with van der Waals surface area (Å²) in [5.41, 5.74) is 0. The summed E-state index contributed by atoms with van der Waals surface area (Å²) >= 11 is 0. The van der Waals surface area contributed by atoms with E-state index in [4.69, 9.17) is 0 Å². The maximum Gasteiger partial charge on any atom is 0.319 e. The van der Waals surface area contributed by atoms with Crippen LogP contribution in [-0.4, -0.2) is 37.5 Å². The Morgan fingerprint density at radius 1 is 1.35 bits per heavy atom. The summed E-state index contributed by atoms with van der Waals surface area (Å²) in [6.07, 6.45) is 0.394. The normalized spacial score (nSPS) is 24.0. The zero-order valence-electron chi connectivity index (χ0n) is 9.99. The molecule has 0 spiro atoms. The molecule has 0 aromatic rings. The minimum absolute atomic E-state index is 0.185. The predicted molar refractivity (Wildman–Crippen MR) is 58.7 cm³/mol. The third-order valence-electron chi connectivity index (χ3n) is 3.06. The third-order valence-corrected chi connectivity index (χ3v) is 3.06. The molecule has 1 heterocycles. The molecule has 1 rings (SSSR count). The van der Waals surface area contributed by atoms with Crippen LogP contribution in [0, 0.1) is 0 Å². The fourth-order valence-corrected chi connectivity index (χ4v) is 2.02. The van der Waals surface area contributed by atoms with Gasteiger partial charge in [-0.3, -0.25) is 0 Å². The first-order valence-corrected chi connectivity index (χ1v) is 6.04. The molecule has 102 valence electrons.